The van der Waals surface area contributed by atoms with Gasteiger partial charge in [-0.3, -0.25) is 4.79 Å². The molecule has 118 valence electrons. The lowest BCUT2D eigenvalue weighted by Crippen LogP contribution is -2.39. The Kier molecular flexibility index (Phi) is 3.61. The molecular formula is C17H18N4OS. The highest BCUT2D eigenvalue weighted by atomic mass is 32.1. The third-order valence-corrected chi connectivity index (χ3v) is 5.47. The first-order valence-electron chi connectivity index (χ1n) is 7.86. The van der Waals surface area contributed by atoms with E-state index in [0.717, 1.165) is 33.9 Å². The van der Waals surface area contributed by atoms with E-state index in [-0.39, 0.29) is 11.9 Å². The summed E-state index contributed by atoms with van der Waals surface area (Å²) in [7, 11) is 0. The predicted molar refractivity (Wildman–Crippen MR) is 93.6 cm³/mol. The number of carbonyl (C=O) groups excluding carboxylic acids is 1. The molecule has 1 aromatic heterocycles. The number of hydrogen-bond acceptors (Lipinski definition) is 5. The van der Waals surface area contributed by atoms with E-state index in [1.165, 1.54) is 0 Å². The summed E-state index contributed by atoms with van der Waals surface area (Å²) >= 11 is 1.55. The number of allylic oxidation sites excluding steroid dienone is 2. The number of nitrogens with zero attached hydrogens (tertiary/aromatic N) is 2. The van der Waals surface area contributed by atoms with Crippen molar-refractivity contribution in [1.82, 2.24) is 10.4 Å². The minimum Gasteiger partial charge on any atom is -0.350 e. The number of aromatic nitrogens is 1. The Hall–Kier alpha value is -2.21. The fourth-order valence-electron chi connectivity index (χ4n) is 3.07. The van der Waals surface area contributed by atoms with Gasteiger partial charge in [0.15, 0.2) is 5.13 Å². The molecule has 1 fully saturated rings. The molecule has 4 rings (SSSR count). The monoisotopic (exact) mass is 326 g/mol. The quantitative estimate of drug-likeness (QED) is 0.670. The van der Waals surface area contributed by atoms with Crippen LogP contribution in [-0.4, -0.2) is 22.6 Å². The van der Waals surface area contributed by atoms with Crippen molar-refractivity contribution in [2.45, 2.75) is 25.8 Å². The first-order valence-corrected chi connectivity index (χ1v) is 8.67. The van der Waals surface area contributed by atoms with Crippen LogP contribution < -0.4 is 10.7 Å². The lowest BCUT2D eigenvalue weighted by Gasteiger charge is -2.31. The molecule has 2 aromatic rings. The Labute approximate surface area is 138 Å². The smallest absolute Gasteiger partial charge is 0.262 e. The van der Waals surface area contributed by atoms with E-state index in [1.807, 2.05) is 31.2 Å². The normalized spacial score (nSPS) is 25.2. The molecular weight excluding hydrogens is 308 g/mol. The first-order chi connectivity index (χ1) is 11.2. The molecule has 1 aromatic carbocycles. The summed E-state index contributed by atoms with van der Waals surface area (Å²) in [4.78, 5) is 16.7. The second-order valence-electron chi connectivity index (χ2n) is 6.07. The van der Waals surface area contributed by atoms with Crippen LogP contribution in [0.4, 0.5) is 5.13 Å². The van der Waals surface area contributed by atoms with Crippen molar-refractivity contribution in [2.75, 3.05) is 5.32 Å². The molecule has 0 aliphatic heterocycles. The zero-order chi connectivity index (χ0) is 15.8. The third-order valence-electron chi connectivity index (χ3n) is 4.50. The third kappa shape index (κ3) is 2.74. The molecule has 6 heteroatoms. The van der Waals surface area contributed by atoms with Crippen LogP contribution in [0.5, 0.6) is 0 Å². The highest BCUT2D eigenvalue weighted by molar-refractivity contribution is 7.22. The number of nitrogens with one attached hydrogen (secondary N) is 2. The Bertz CT molecular complexity index is 777. The molecule has 0 bridgehead atoms. The summed E-state index contributed by atoms with van der Waals surface area (Å²) in [5.74, 6) is 1.03. The molecule has 3 atom stereocenters. The van der Waals surface area contributed by atoms with E-state index >= 15 is 0 Å². The highest BCUT2D eigenvalue weighted by Gasteiger charge is 2.38. The molecule has 1 amide bonds. The number of amides is 1. The second kappa shape index (κ2) is 5.77. The molecule has 2 aliphatic carbocycles. The highest BCUT2D eigenvalue weighted by Crippen LogP contribution is 2.40. The van der Waals surface area contributed by atoms with Crippen molar-refractivity contribution >= 4 is 38.3 Å². The van der Waals surface area contributed by atoms with Crippen LogP contribution in [0.3, 0.4) is 0 Å². The second-order valence-corrected chi connectivity index (χ2v) is 7.10. The number of hydrogen-bond donors (Lipinski definition) is 2. The molecule has 5 nitrogen and oxygen atoms in total. The molecule has 23 heavy (non-hydrogen) atoms. The minimum atomic E-state index is -0.377. The van der Waals surface area contributed by atoms with Crippen molar-refractivity contribution in [3.63, 3.8) is 0 Å². The summed E-state index contributed by atoms with van der Waals surface area (Å²) in [6.45, 7) is 1.82. The van der Waals surface area contributed by atoms with Gasteiger partial charge in [-0.05, 0) is 37.8 Å². The molecule has 2 aliphatic rings. The van der Waals surface area contributed by atoms with Crippen LogP contribution in [0.25, 0.3) is 10.2 Å². The number of anilines is 1. The molecule has 1 heterocycles. The van der Waals surface area contributed by atoms with Gasteiger partial charge in [-0.2, -0.15) is 5.10 Å². The molecule has 0 unspecified atom stereocenters. The maximum absolute atomic E-state index is 12.2. The van der Waals surface area contributed by atoms with Gasteiger partial charge in [0.25, 0.3) is 5.91 Å². The van der Waals surface area contributed by atoms with Crippen LogP contribution in [0.1, 0.15) is 19.8 Å². The predicted octanol–water partition coefficient (Wildman–Crippen LogP) is 3.16. The largest absolute Gasteiger partial charge is 0.350 e. The van der Waals surface area contributed by atoms with E-state index < -0.39 is 0 Å². The molecule has 0 spiro atoms. The van der Waals surface area contributed by atoms with Gasteiger partial charge in [-0.15, -0.1) is 0 Å². The fraction of sp³-hybridized carbons (Fsp3) is 0.353. The van der Waals surface area contributed by atoms with E-state index in [2.05, 4.69) is 33.0 Å². The van der Waals surface area contributed by atoms with Crippen LogP contribution in [-0.2, 0) is 4.79 Å². The fourth-order valence-corrected chi connectivity index (χ4v) is 4.02. The van der Waals surface area contributed by atoms with E-state index in [9.17, 15) is 4.79 Å². The number of thiazole rings is 1. The van der Waals surface area contributed by atoms with Gasteiger partial charge in [0.05, 0.1) is 10.2 Å². The van der Waals surface area contributed by atoms with E-state index in [0.29, 0.717) is 11.8 Å². The van der Waals surface area contributed by atoms with Gasteiger partial charge in [-0.25, -0.2) is 10.4 Å². The van der Waals surface area contributed by atoms with Gasteiger partial charge >= 0.3 is 0 Å². The van der Waals surface area contributed by atoms with Gasteiger partial charge < -0.3 is 5.32 Å². The topological polar surface area (TPSA) is 66.4 Å². The van der Waals surface area contributed by atoms with Gasteiger partial charge in [0.2, 0.25) is 0 Å². The van der Waals surface area contributed by atoms with Gasteiger partial charge in [0, 0.05) is 11.6 Å². The number of para-hydroxylation sites is 1. The Balaban J connectivity index is 1.36. The average Bonchev–Trinajstić information content (AvgIpc) is 3.10. The van der Waals surface area contributed by atoms with E-state index in [1.54, 1.807) is 11.3 Å². The van der Waals surface area contributed by atoms with Crippen molar-refractivity contribution in [1.29, 1.82) is 0 Å². The van der Waals surface area contributed by atoms with Crippen molar-refractivity contribution in [3.05, 3.63) is 36.4 Å². The summed E-state index contributed by atoms with van der Waals surface area (Å²) < 4.78 is 1.11. The first kappa shape index (κ1) is 14.4. The number of fused-ring (bicyclic) bond motifs is 2. The van der Waals surface area contributed by atoms with Crippen molar-refractivity contribution in [3.8, 4) is 0 Å². The SMILES string of the molecule is C[C@H](Nc1nc2ccccc2s1)C(=O)N/N=C1/C[C@@H]2C=CC[C@H]12. The minimum absolute atomic E-state index is 0.133. The number of carbonyl (C=O) groups is 1. The standard InChI is InChI=1S/C17H18N4OS/c1-10(18-17-19-13-7-2-3-8-15(13)23-17)16(22)21-20-14-9-11-5-4-6-12(11)14/h2-5,7-8,10-12H,6,9H2,1H3,(H,18,19)(H,21,22)/b20-14-/t10-,11-,12-/m0/s1. The van der Waals surface area contributed by atoms with Gasteiger partial charge in [0.1, 0.15) is 6.04 Å². The van der Waals surface area contributed by atoms with Crippen LogP contribution in [0.2, 0.25) is 0 Å². The van der Waals surface area contributed by atoms with Crippen molar-refractivity contribution < 1.29 is 4.79 Å². The number of rotatable bonds is 4. The van der Waals surface area contributed by atoms with Crippen molar-refractivity contribution in [2.24, 2.45) is 16.9 Å². The van der Waals surface area contributed by atoms with E-state index in [4.69, 9.17) is 0 Å². The van der Waals surface area contributed by atoms with Crippen LogP contribution in [0.15, 0.2) is 41.5 Å². The Morgan fingerprint density at radius 3 is 3.13 bits per heavy atom. The zero-order valence-electron chi connectivity index (χ0n) is 12.8. The summed E-state index contributed by atoms with van der Waals surface area (Å²) in [5, 5.41) is 8.20. The zero-order valence-corrected chi connectivity index (χ0v) is 13.6. The average molecular weight is 326 g/mol. The van der Waals surface area contributed by atoms with Crippen LogP contribution in [0, 0.1) is 11.8 Å². The Morgan fingerprint density at radius 2 is 2.30 bits per heavy atom. The number of benzene rings is 1. The summed E-state index contributed by atoms with van der Waals surface area (Å²) in [6, 6.07) is 7.56. The molecule has 2 N–H and O–H groups in total. The van der Waals surface area contributed by atoms with Gasteiger partial charge in [-0.1, -0.05) is 35.6 Å². The summed E-state index contributed by atoms with van der Waals surface area (Å²) in [6.07, 6.45) is 6.49. The lowest BCUT2D eigenvalue weighted by molar-refractivity contribution is -0.121. The maximum Gasteiger partial charge on any atom is 0.262 e. The molecule has 1 saturated carbocycles. The summed E-state index contributed by atoms with van der Waals surface area (Å²) in [5.41, 5.74) is 4.74. The Morgan fingerprint density at radius 1 is 1.43 bits per heavy atom. The maximum atomic E-state index is 12.2. The lowest BCUT2D eigenvalue weighted by atomic mass is 9.74. The molecule has 0 radical (unpaired) electrons. The van der Waals surface area contributed by atoms with Crippen LogP contribution >= 0.6 is 11.3 Å². The molecule has 0 saturated heterocycles. The number of hydrazone groups is 1.